The van der Waals surface area contributed by atoms with Gasteiger partial charge in [0.05, 0.1) is 11.8 Å². The highest BCUT2D eigenvalue weighted by molar-refractivity contribution is 5.94. The Morgan fingerprint density at radius 1 is 1.24 bits per heavy atom. The molecule has 0 aliphatic heterocycles. The predicted octanol–water partition coefficient (Wildman–Crippen LogP) is 3.29. The molecule has 0 saturated heterocycles. The van der Waals surface area contributed by atoms with Gasteiger partial charge in [-0.3, -0.25) is 9.89 Å². The maximum atomic E-state index is 12.3. The van der Waals surface area contributed by atoms with Gasteiger partial charge in [0.2, 0.25) is 0 Å². The Morgan fingerprint density at radius 3 is 2.33 bits per heavy atom. The first kappa shape index (κ1) is 15.3. The summed E-state index contributed by atoms with van der Waals surface area (Å²) in [5.41, 5.74) is 4.00. The largest absolute Gasteiger partial charge is 0.337 e. The first-order chi connectivity index (χ1) is 9.79. The van der Waals surface area contributed by atoms with E-state index in [4.69, 9.17) is 0 Å². The Kier molecular flexibility index (Phi) is 4.16. The van der Waals surface area contributed by atoms with Crippen LogP contribution in [0.3, 0.4) is 0 Å². The van der Waals surface area contributed by atoms with Crippen LogP contribution >= 0.6 is 0 Å². The van der Waals surface area contributed by atoms with E-state index in [9.17, 15) is 4.79 Å². The predicted molar refractivity (Wildman–Crippen MR) is 84.3 cm³/mol. The topological polar surface area (TPSA) is 49.0 Å². The molecule has 2 aromatic rings. The summed E-state index contributed by atoms with van der Waals surface area (Å²) in [4.78, 5) is 14.0. The summed E-state index contributed by atoms with van der Waals surface area (Å²) in [5, 5.41) is 6.69. The molecule has 4 heteroatoms. The van der Waals surface area contributed by atoms with Gasteiger partial charge in [-0.15, -0.1) is 0 Å². The molecule has 21 heavy (non-hydrogen) atoms. The first-order valence-electron chi connectivity index (χ1n) is 7.14. The molecule has 1 heterocycles. The molecule has 2 rings (SSSR count). The van der Waals surface area contributed by atoms with Crippen LogP contribution < -0.4 is 0 Å². The van der Waals surface area contributed by atoms with Crippen molar-refractivity contribution >= 4 is 5.91 Å². The molecule has 0 spiro atoms. The summed E-state index contributed by atoms with van der Waals surface area (Å²) in [5.74, 6) is -0.0128. The second kappa shape index (κ2) is 5.72. The number of nitrogens with one attached hydrogen (secondary N) is 1. The molecule has 4 nitrogen and oxygen atoms in total. The number of amides is 1. The number of nitrogens with zero attached hydrogens (tertiary/aromatic N) is 2. The number of carbonyl (C=O) groups excluding carboxylic acids is 1. The summed E-state index contributed by atoms with van der Waals surface area (Å²) in [7, 11) is 1.81. The normalized spacial score (nSPS) is 11.5. The molecule has 0 atom stereocenters. The van der Waals surface area contributed by atoms with E-state index in [-0.39, 0.29) is 11.3 Å². The summed E-state index contributed by atoms with van der Waals surface area (Å²) in [6.07, 6.45) is 1.58. The Balaban J connectivity index is 2.08. The van der Waals surface area contributed by atoms with Gasteiger partial charge in [0.1, 0.15) is 0 Å². The van der Waals surface area contributed by atoms with Crippen LogP contribution in [-0.2, 0) is 12.0 Å². The lowest BCUT2D eigenvalue weighted by Crippen LogP contribution is -2.26. The van der Waals surface area contributed by atoms with Crippen molar-refractivity contribution in [3.63, 3.8) is 0 Å². The lowest BCUT2D eigenvalue weighted by atomic mass is 9.87. The summed E-state index contributed by atoms with van der Waals surface area (Å²) in [6, 6.07) is 8.45. The number of rotatable bonds is 3. The van der Waals surface area contributed by atoms with Crippen molar-refractivity contribution in [2.24, 2.45) is 0 Å². The second-order valence-corrected chi connectivity index (χ2v) is 6.52. The molecular formula is C17H23N3O. The van der Waals surface area contributed by atoms with E-state index in [0.717, 1.165) is 11.3 Å². The molecule has 1 amide bonds. The Hall–Kier alpha value is -2.10. The maximum Gasteiger partial charge on any atom is 0.257 e. The minimum absolute atomic E-state index is 0.0128. The van der Waals surface area contributed by atoms with E-state index in [2.05, 4.69) is 55.2 Å². The summed E-state index contributed by atoms with van der Waals surface area (Å²) in [6.45, 7) is 9.03. The third-order valence-corrected chi connectivity index (χ3v) is 3.65. The van der Waals surface area contributed by atoms with E-state index < -0.39 is 0 Å². The van der Waals surface area contributed by atoms with Crippen LogP contribution in [0.4, 0.5) is 0 Å². The summed E-state index contributed by atoms with van der Waals surface area (Å²) >= 11 is 0. The highest BCUT2D eigenvalue weighted by atomic mass is 16.2. The van der Waals surface area contributed by atoms with Crippen molar-refractivity contribution in [1.29, 1.82) is 0 Å². The number of H-pyrrole nitrogens is 1. The molecule has 0 radical (unpaired) electrons. The Labute approximate surface area is 126 Å². The highest BCUT2D eigenvalue weighted by Crippen LogP contribution is 2.22. The van der Waals surface area contributed by atoms with Gasteiger partial charge in [-0.25, -0.2) is 0 Å². The molecule has 1 N–H and O–H groups in total. The average Bonchev–Trinajstić information content (AvgIpc) is 2.83. The number of aromatic nitrogens is 2. The monoisotopic (exact) mass is 285 g/mol. The van der Waals surface area contributed by atoms with Crippen molar-refractivity contribution in [2.75, 3.05) is 7.05 Å². The van der Waals surface area contributed by atoms with Gasteiger partial charge < -0.3 is 4.90 Å². The Bertz CT molecular complexity index is 620. The highest BCUT2D eigenvalue weighted by Gasteiger charge is 2.17. The van der Waals surface area contributed by atoms with E-state index in [0.29, 0.717) is 12.1 Å². The van der Waals surface area contributed by atoms with Crippen molar-refractivity contribution in [2.45, 2.75) is 39.7 Å². The van der Waals surface area contributed by atoms with E-state index >= 15 is 0 Å². The van der Waals surface area contributed by atoms with E-state index in [1.165, 1.54) is 5.56 Å². The van der Waals surface area contributed by atoms with Crippen LogP contribution in [-0.4, -0.2) is 28.1 Å². The molecular weight excluding hydrogens is 262 g/mol. The van der Waals surface area contributed by atoms with Crippen molar-refractivity contribution in [3.05, 3.63) is 52.8 Å². The van der Waals surface area contributed by atoms with Gasteiger partial charge in [0.25, 0.3) is 5.91 Å². The lowest BCUT2D eigenvalue weighted by molar-refractivity contribution is 0.0784. The fourth-order valence-electron chi connectivity index (χ4n) is 2.23. The average molecular weight is 285 g/mol. The number of hydrogen-bond acceptors (Lipinski definition) is 2. The van der Waals surface area contributed by atoms with Gasteiger partial charge >= 0.3 is 0 Å². The zero-order valence-electron chi connectivity index (χ0n) is 13.4. The minimum atomic E-state index is -0.0128. The van der Waals surface area contributed by atoms with Crippen molar-refractivity contribution < 1.29 is 4.79 Å². The van der Waals surface area contributed by atoms with Gasteiger partial charge in [-0.2, -0.15) is 5.10 Å². The van der Waals surface area contributed by atoms with Crippen molar-refractivity contribution in [1.82, 2.24) is 15.1 Å². The van der Waals surface area contributed by atoms with Crippen molar-refractivity contribution in [3.8, 4) is 0 Å². The third kappa shape index (κ3) is 3.51. The molecule has 1 aromatic carbocycles. The van der Waals surface area contributed by atoms with Gasteiger partial charge in [0, 0.05) is 19.3 Å². The number of benzene rings is 1. The number of aromatic amines is 1. The molecule has 0 bridgehead atoms. The third-order valence-electron chi connectivity index (χ3n) is 3.65. The van der Waals surface area contributed by atoms with Crippen LogP contribution in [0.5, 0.6) is 0 Å². The fourth-order valence-corrected chi connectivity index (χ4v) is 2.23. The smallest absolute Gasteiger partial charge is 0.257 e. The quantitative estimate of drug-likeness (QED) is 0.940. The Morgan fingerprint density at radius 2 is 1.86 bits per heavy atom. The first-order valence-corrected chi connectivity index (χ1v) is 7.14. The van der Waals surface area contributed by atoms with Crippen LogP contribution in [0.15, 0.2) is 30.5 Å². The minimum Gasteiger partial charge on any atom is -0.337 e. The maximum absolute atomic E-state index is 12.3. The zero-order chi connectivity index (χ0) is 15.6. The van der Waals surface area contributed by atoms with E-state index in [1.54, 1.807) is 11.1 Å². The molecule has 0 unspecified atom stereocenters. The van der Waals surface area contributed by atoms with Gasteiger partial charge in [-0.1, -0.05) is 45.0 Å². The number of aryl methyl sites for hydroxylation is 1. The number of carbonyl (C=O) groups is 1. The standard InChI is InChI=1S/C17H23N3O/c1-12-15(10-18-19-12)16(21)20(5)11-13-6-8-14(9-7-13)17(2,3)4/h6-10H,11H2,1-5H3,(H,18,19). The van der Waals surface area contributed by atoms with Crippen LogP contribution in [0.1, 0.15) is 48.0 Å². The fraction of sp³-hybridized carbons (Fsp3) is 0.412. The second-order valence-electron chi connectivity index (χ2n) is 6.52. The number of hydrogen-bond donors (Lipinski definition) is 1. The van der Waals surface area contributed by atoms with E-state index in [1.807, 2.05) is 14.0 Å². The lowest BCUT2D eigenvalue weighted by Gasteiger charge is -2.21. The molecule has 0 saturated carbocycles. The van der Waals surface area contributed by atoms with Crippen LogP contribution in [0.2, 0.25) is 0 Å². The van der Waals surface area contributed by atoms with Gasteiger partial charge in [-0.05, 0) is 23.5 Å². The molecule has 0 fully saturated rings. The SMILES string of the molecule is Cc1[nH]ncc1C(=O)N(C)Cc1ccc(C(C)(C)C)cc1. The molecule has 0 aliphatic carbocycles. The van der Waals surface area contributed by atoms with Gasteiger partial charge in [0.15, 0.2) is 0 Å². The van der Waals surface area contributed by atoms with Crippen LogP contribution in [0.25, 0.3) is 0 Å². The molecule has 112 valence electrons. The van der Waals surface area contributed by atoms with Crippen LogP contribution in [0, 0.1) is 6.92 Å². The zero-order valence-corrected chi connectivity index (χ0v) is 13.4. The molecule has 1 aromatic heterocycles. The molecule has 0 aliphatic rings. The summed E-state index contributed by atoms with van der Waals surface area (Å²) < 4.78 is 0.